The number of pyridine rings is 1. The summed E-state index contributed by atoms with van der Waals surface area (Å²) in [6.45, 7) is 0.476. The lowest BCUT2D eigenvalue weighted by molar-refractivity contribution is -0.117. The Kier molecular flexibility index (Phi) is 5.10. The van der Waals surface area contributed by atoms with Gasteiger partial charge >= 0.3 is 0 Å². The van der Waals surface area contributed by atoms with Crippen molar-refractivity contribution >= 4 is 40.5 Å². The van der Waals surface area contributed by atoms with Crippen molar-refractivity contribution < 1.29 is 4.79 Å². The van der Waals surface area contributed by atoms with E-state index < -0.39 is 0 Å². The Balaban J connectivity index is 1.09. The average molecular weight is 474 g/mol. The first-order valence-electron chi connectivity index (χ1n) is 11.4. The minimum Gasteiger partial charge on any atom is -0.396 e. The van der Waals surface area contributed by atoms with Crippen molar-refractivity contribution in [3.8, 4) is 0 Å². The van der Waals surface area contributed by atoms with Gasteiger partial charge in [-0.15, -0.1) is 0 Å². The van der Waals surface area contributed by atoms with E-state index in [9.17, 15) is 4.79 Å². The number of nitrogens with zero attached hydrogens (tertiary/aromatic N) is 4. The Morgan fingerprint density at radius 3 is 2.79 bits per heavy atom. The SMILES string of the molecule is Nc1cc(C2CC2)cn2cc(CNc3cc(NC(=O)C4CC4c4cccc(Cl)c4)ncn3)nc12. The molecule has 9 heteroatoms. The van der Waals surface area contributed by atoms with Crippen LogP contribution in [-0.2, 0) is 11.3 Å². The third-order valence-electron chi connectivity index (χ3n) is 6.47. The van der Waals surface area contributed by atoms with E-state index in [0.717, 1.165) is 23.3 Å². The van der Waals surface area contributed by atoms with Crippen LogP contribution in [0.2, 0.25) is 5.02 Å². The summed E-state index contributed by atoms with van der Waals surface area (Å²) in [7, 11) is 0. The first-order chi connectivity index (χ1) is 16.5. The quantitative estimate of drug-likeness (QED) is 0.362. The van der Waals surface area contributed by atoms with Gasteiger partial charge in [0.1, 0.15) is 18.0 Å². The number of fused-ring (bicyclic) bond motifs is 1. The molecule has 1 aromatic carbocycles. The Bertz CT molecular complexity index is 1400. The summed E-state index contributed by atoms with van der Waals surface area (Å²) in [5, 5.41) is 6.85. The fourth-order valence-electron chi connectivity index (χ4n) is 4.44. The van der Waals surface area contributed by atoms with Crippen molar-refractivity contribution in [2.75, 3.05) is 16.4 Å². The number of hydrogen-bond acceptors (Lipinski definition) is 6. The van der Waals surface area contributed by atoms with Crippen LogP contribution >= 0.6 is 11.6 Å². The Hall–Kier alpha value is -3.65. The molecule has 2 fully saturated rings. The predicted octanol–water partition coefficient (Wildman–Crippen LogP) is 4.59. The minimum atomic E-state index is -0.0752. The molecule has 2 aliphatic carbocycles. The van der Waals surface area contributed by atoms with E-state index in [-0.39, 0.29) is 17.7 Å². The van der Waals surface area contributed by atoms with Gasteiger partial charge in [0.05, 0.1) is 17.9 Å². The van der Waals surface area contributed by atoms with Crippen LogP contribution in [0.25, 0.3) is 5.65 Å². The molecule has 0 spiro atoms. The van der Waals surface area contributed by atoms with Crippen molar-refractivity contribution in [2.45, 2.75) is 37.6 Å². The summed E-state index contributed by atoms with van der Waals surface area (Å²) in [5.74, 6) is 1.78. The van der Waals surface area contributed by atoms with Gasteiger partial charge in [-0.05, 0) is 60.4 Å². The number of carbonyl (C=O) groups is 1. The van der Waals surface area contributed by atoms with Crippen molar-refractivity contribution in [2.24, 2.45) is 5.92 Å². The van der Waals surface area contributed by atoms with Gasteiger partial charge < -0.3 is 20.8 Å². The highest BCUT2D eigenvalue weighted by atomic mass is 35.5. The zero-order valence-corrected chi connectivity index (χ0v) is 19.2. The highest BCUT2D eigenvalue weighted by molar-refractivity contribution is 6.30. The van der Waals surface area contributed by atoms with Gasteiger partial charge in [0, 0.05) is 29.4 Å². The summed E-state index contributed by atoms with van der Waals surface area (Å²) in [6, 6.07) is 11.4. The normalized spacial score (nSPS) is 19.2. The van der Waals surface area contributed by atoms with E-state index >= 15 is 0 Å². The maximum absolute atomic E-state index is 12.7. The van der Waals surface area contributed by atoms with Crippen LogP contribution in [0.15, 0.2) is 55.1 Å². The lowest BCUT2D eigenvalue weighted by Gasteiger charge is -2.07. The highest BCUT2D eigenvalue weighted by Gasteiger charge is 2.44. The van der Waals surface area contributed by atoms with E-state index in [4.69, 9.17) is 17.3 Å². The first-order valence-corrected chi connectivity index (χ1v) is 11.8. The molecule has 3 heterocycles. The van der Waals surface area contributed by atoms with Gasteiger partial charge in [-0.25, -0.2) is 15.0 Å². The molecule has 2 saturated carbocycles. The number of aromatic nitrogens is 4. The Morgan fingerprint density at radius 1 is 1.12 bits per heavy atom. The first kappa shape index (κ1) is 20.9. The number of hydrogen-bond donors (Lipinski definition) is 3. The second-order valence-electron chi connectivity index (χ2n) is 9.10. The number of nitrogens with two attached hydrogens (primary N) is 1. The number of benzene rings is 1. The smallest absolute Gasteiger partial charge is 0.229 e. The molecule has 4 aromatic rings. The highest BCUT2D eigenvalue weighted by Crippen LogP contribution is 2.48. The maximum Gasteiger partial charge on any atom is 0.229 e. The molecular weight excluding hydrogens is 450 g/mol. The van der Waals surface area contributed by atoms with Crippen LogP contribution in [0, 0.1) is 5.92 Å². The zero-order valence-electron chi connectivity index (χ0n) is 18.4. The molecule has 2 unspecified atom stereocenters. The minimum absolute atomic E-state index is 0.0445. The van der Waals surface area contributed by atoms with E-state index in [2.05, 4.69) is 31.8 Å². The van der Waals surface area contributed by atoms with Gasteiger partial charge in [-0.1, -0.05) is 23.7 Å². The van der Waals surface area contributed by atoms with Gasteiger partial charge in [0.2, 0.25) is 5.91 Å². The monoisotopic (exact) mass is 473 g/mol. The van der Waals surface area contributed by atoms with Crippen LogP contribution in [-0.4, -0.2) is 25.3 Å². The van der Waals surface area contributed by atoms with E-state index in [0.29, 0.717) is 34.8 Å². The third-order valence-corrected chi connectivity index (χ3v) is 6.71. The van der Waals surface area contributed by atoms with Gasteiger partial charge in [-0.2, -0.15) is 0 Å². The van der Waals surface area contributed by atoms with Crippen molar-refractivity contribution in [3.63, 3.8) is 0 Å². The molecule has 6 rings (SSSR count). The molecule has 2 aliphatic rings. The fraction of sp³-hybridized carbons (Fsp3) is 0.280. The Morgan fingerprint density at radius 2 is 1.97 bits per heavy atom. The van der Waals surface area contributed by atoms with Crippen molar-refractivity contribution in [1.82, 2.24) is 19.4 Å². The summed E-state index contributed by atoms with van der Waals surface area (Å²) >= 11 is 6.08. The molecule has 0 bridgehead atoms. The van der Waals surface area contributed by atoms with Gasteiger partial charge in [-0.3, -0.25) is 4.79 Å². The average Bonchev–Trinajstić information content (AvgIpc) is 3.74. The van der Waals surface area contributed by atoms with E-state index in [1.807, 2.05) is 40.9 Å². The van der Waals surface area contributed by atoms with E-state index in [1.165, 1.54) is 24.7 Å². The molecule has 0 radical (unpaired) electrons. The number of rotatable bonds is 7. The van der Waals surface area contributed by atoms with Crippen molar-refractivity contribution in [1.29, 1.82) is 0 Å². The number of anilines is 3. The second-order valence-corrected chi connectivity index (χ2v) is 9.54. The molecule has 4 N–H and O–H groups in total. The van der Waals surface area contributed by atoms with Crippen LogP contribution in [0.3, 0.4) is 0 Å². The van der Waals surface area contributed by atoms with Crippen LogP contribution < -0.4 is 16.4 Å². The summed E-state index contributed by atoms with van der Waals surface area (Å²) < 4.78 is 2.00. The molecule has 3 aromatic heterocycles. The molecular formula is C25H24ClN7O. The standard InChI is InChI=1S/C25H24ClN7O/c26-17-3-1-2-15(6-17)19-8-20(19)25(34)32-23-9-22(29-13-30-23)28-10-18-12-33-11-16(14-4-5-14)7-21(27)24(33)31-18/h1-3,6-7,9,11-14,19-20H,4-5,8,10,27H2,(H2,28,29,30,32,34). The lowest BCUT2D eigenvalue weighted by atomic mass is 10.1. The Labute approximate surface area is 201 Å². The number of nitrogens with one attached hydrogen (secondary N) is 2. The largest absolute Gasteiger partial charge is 0.396 e. The summed E-state index contributed by atoms with van der Waals surface area (Å²) in [4.78, 5) is 25.8. The van der Waals surface area contributed by atoms with Crippen LogP contribution in [0.1, 0.15) is 47.9 Å². The van der Waals surface area contributed by atoms with Gasteiger partial charge in [0.15, 0.2) is 5.65 Å². The number of nitrogen functional groups attached to an aromatic ring is 1. The van der Waals surface area contributed by atoms with Gasteiger partial charge in [0.25, 0.3) is 0 Å². The topological polar surface area (TPSA) is 110 Å². The molecule has 34 heavy (non-hydrogen) atoms. The third kappa shape index (κ3) is 4.28. The number of amides is 1. The molecule has 8 nitrogen and oxygen atoms in total. The fourth-order valence-corrected chi connectivity index (χ4v) is 4.63. The van der Waals surface area contributed by atoms with Crippen molar-refractivity contribution in [3.05, 3.63) is 77.0 Å². The molecule has 0 aliphatic heterocycles. The van der Waals surface area contributed by atoms with Crippen LogP contribution in [0.4, 0.5) is 17.3 Å². The molecule has 172 valence electrons. The number of carbonyl (C=O) groups excluding carboxylic acids is 1. The van der Waals surface area contributed by atoms with Crippen LogP contribution in [0.5, 0.6) is 0 Å². The van der Waals surface area contributed by atoms with E-state index in [1.54, 1.807) is 6.07 Å². The zero-order chi connectivity index (χ0) is 23.2. The summed E-state index contributed by atoms with van der Waals surface area (Å²) in [6.07, 6.45) is 8.79. The second kappa shape index (κ2) is 8.29. The maximum atomic E-state index is 12.7. The molecule has 0 saturated heterocycles. The lowest BCUT2D eigenvalue weighted by Crippen LogP contribution is -2.16. The number of halogens is 1. The molecule has 1 amide bonds. The number of imidazole rings is 1. The predicted molar refractivity (Wildman–Crippen MR) is 132 cm³/mol. The summed E-state index contributed by atoms with van der Waals surface area (Å²) in [5.41, 5.74) is 10.9. The molecule has 2 atom stereocenters.